The minimum absolute atomic E-state index is 0.0674. The molecule has 16 nitrogen and oxygen atoms in total. The Labute approximate surface area is 364 Å². The lowest BCUT2D eigenvalue weighted by Crippen LogP contribution is -2.58. The zero-order valence-corrected chi connectivity index (χ0v) is 36.5. The van der Waals surface area contributed by atoms with Gasteiger partial charge in [-0.05, 0) is 153 Å². The Kier molecular flexibility index (Phi) is 8.42. The van der Waals surface area contributed by atoms with Crippen LogP contribution in [0.25, 0.3) is 22.1 Å². The van der Waals surface area contributed by atoms with Crippen LogP contribution in [-0.2, 0) is 30.1 Å². The number of hydrogen-bond donors (Lipinski definition) is 0. The first kappa shape index (κ1) is 39.9. The molecule has 16 heteroatoms. The van der Waals surface area contributed by atoms with E-state index in [0.717, 1.165) is 12.8 Å². The van der Waals surface area contributed by atoms with E-state index in [1.54, 1.807) is 65.4 Å². The van der Waals surface area contributed by atoms with E-state index in [1.807, 2.05) is 48.5 Å². The normalized spacial score (nSPS) is 30.1. The Bertz CT molecular complexity index is 2430. The summed E-state index contributed by atoms with van der Waals surface area (Å²) in [7, 11) is 0. The highest BCUT2D eigenvalue weighted by Crippen LogP contribution is 2.53. The van der Waals surface area contributed by atoms with E-state index in [2.05, 4.69) is 0 Å². The molecule has 63 heavy (non-hydrogen) atoms. The summed E-state index contributed by atoms with van der Waals surface area (Å²) in [5.41, 5.74) is -2.48. The molecule has 6 aliphatic rings. The van der Waals surface area contributed by atoms with Gasteiger partial charge in [-0.1, -0.05) is 0 Å². The van der Waals surface area contributed by atoms with Gasteiger partial charge < -0.3 is 23.7 Å². The number of oxazole rings is 1. The number of carbonyl (C=O) groups is 6. The van der Waals surface area contributed by atoms with Crippen LogP contribution in [0.1, 0.15) is 114 Å². The number of benzene rings is 2. The van der Waals surface area contributed by atoms with Crippen molar-refractivity contribution in [1.82, 2.24) is 33.7 Å². The quantitative estimate of drug-likeness (QED) is 0.182. The van der Waals surface area contributed by atoms with Gasteiger partial charge in [0.05, 0.1) is 6.20 Å². The zero-order chi connectivity index (χ0) is 44.1. The summed E-state index contributed by atoms with van der Waals surface area (Å²) >= 11 is 0. The second-order valence-corrected chi connectivity index (χ2v) is 20.7. The molecule has 2 saturated carbocycles. The molecule has 8 atom stereocenters. The fraction of sp³-hybridized carbons (Fsp3) is 0.553. The zero-order valence-electron chi connectivity index (χ0n) is 36.5. The fourth-order valence-corrected chi connectivity index (χ4v) is 11.5. The minimum atomic E-state index is -1.77. The Morgan fingerprint density at radius 3 is 1.43 bits per heavy atom. The predicted molar refractivity (Wildman–Crippen MR) is 226 cm³/mol. The SMILES string of the molecule is CC(C)(C)OC(=O)N1[C@H](C(=O)N2CCC[C@@]2(C(=O)n2c3ccc2cc3)c2cnc([C@]3(C(=O)n4c5ccc4cc5)CCCN3C(=O)[C@@H]3C[C@@H]4C[C@@H]4N3C(=O)OC(C)(C)C)o2)C[C@@H]2C[C@@H]21. The lowest BCUT2D eigenvalue weighted by molar-refractivity contribution is -0.140. The minimum Gasteiger partial charge on any atom is -0.444 e. The first-order valence-electron chi connectivity index (χ1n) is 22.4. The number of rotatable bonds is 6. The number of piperidine rings is 2. The summed E-state index contributed by atoms with van der Waals surface area (Å²) in [5, 5.41) is 0. The van der Waals surface area contributed by atoms with Gasteiger partial charge in [0.2, 0.25) is 17.7 Å². The summed E-state index contributed by atoms with van der Waals surface area (Å²) < 4.78 is 21.7. The van der Waals surface area contributed by atoms with Gasteiger partial charge in [0.1, 0.15) is 23.3 Å². The van der Waals surface area contributed by atoms with Crippen LogP contribution in [0.3, 0.4) is 0 Å². The smallest absolute Gasteiger partial charge is 0.411 e. The molecule has 5 aromatic rings. The monoisotopic (exact) mass is 859 g/mol. The number of aromatic nitrogens is 3. The van der Waals surface area contributed by atoms with Gasteiger partial charge in [-0.15, -0.1) is 0 Å². The van der Waals surface area contributed by atoms with E-state index in [9.17, 15) is 9.59 Å². The Morgan fingerprint density at radius 2 is 1.00 bits per heavy atom. The Hall–Kier alpha value is -5.93. The highest BCUT2D eigenvalue weighted by molar-refractivity contribution is 6.03. The van der Waals surface area contributed by atoms with Gasteiger partial charge in [-0.3, -0.25) is 38.1 Å². The molecular formula is C47H53N7O9. The van der Waals surface area contributed by atoms with Crippen molar-refractivity contribution in [1.29, 1.82) is 0 Å². The van der Waals surface area contributed by atoms with Crippen molar-refractivity contribution in [2.45, 2.75) is 139 Å². The molecular weight excluding hydrogens is 807 g/mol. The number of ether oxygens (including phenoxy) is 2. The van der Waals surface area contributed by atoms with E-state index in [4.69, 9.17) is 18.9 Å². The molecule has 0 radical (unpaired) electrons. The summed E-state index contributed by atoms with van der Waals surface area (Å²) in [6.45, 7) is 11.1. The standard InChI is InChI=1S/C47H53N7O9/c1-44(2,3)62-42(59)53-32-21-26(32)23-34(53)37(55)49-19-7-17-46(49,40(57)51-28-9-10-29(51)12-11-28)36-25-48-39(61-36)47(41(58)52-30-13-14-31(52)16-15-30)18-8-20-50(47)38(56)35-24-27-22-33(27)54(35)43(60)63-45(4,5)6/h9-16,25-27,32-35H,7-8,17-24H2,1-6H3/t26-,27-,32-,33-,34-,35-,46-,47-/m0/s1. The van der Waals surface area contributed by atoms with Crippen LogP contribution in [0.4, 0.5) is 9.59 Å². The molecule has 4 aliphatic heterocycles. The van der Waals surface area contributed by atoms with Crippen molar-refractivity contribution in [2.75, 3.05) is 13.1 Å². The van der Waals surface area contributed by atoms with Gasteiger partial charge in [-0.2, -0.15) is 0 Å². The number of fused-ring (bicyclic) bond motifs is 6. The molecule has 6 fully saturated rings. The van der Waals surface area contributed by atoms with E-state index in [-0.39, 0.29) is 67.4 Å². The maximum Gasteiger partial charge on any atom is 0.411 e. The topological polar surface area (TPSA) is 170 Å². The molecule has 5 aromatic heterocycles. The van der Waals surface area contributed by atoms with Gasteiger partial charge in [0.25, 0.3) is 11.8 Å². The van der Waals surface area contributed by atoms with Crippen molar-refractivity contribution in [3.63, 3.8) is 0 Å². The van der Waals surface area contributed by atoms with Crippen molar-refractivity contribution in [2.24, 2.45) is 11.8 Å². The number of hydrogen-bond acceptors (Lipinski definition) is 10. The van der Waals surface area contributed by atoms with E-state index < -0.39 is 64.3 Å². The molecule has 4 bridgehead atoms. The van der Waals surface area contributed by atoms with Crippen LogP contribution in [0.2, 0.25) is 0 Å². The summed E-state index contributed by atoms with van der Waals surface area (Å²) in [5.74, 6) is -1.35. The molecule has 2 aliphatic carbocycles. The summed E-state index contributed by atoms with van der Waals surface area (Å²) in [6.07, 6.45) is 3.98. The third-order valence-corrected chi connectivity index (χ3v) is 14.4. The summed E-state index contributed by atoms with van der Waals surface area (Å²) in [4.78, 5) is 99.8. The van der Waals surface area contributed by atoms with Crippen LogP contribution in [0, 0.1) is 11.8 Å². The van der Waals surface area contributed by atoms with E-state index in [0.29, 0.717) is 47.8 Å². The third kappa shape index (κ3) is 5.87. The van der Waals surface area contributed by atoms with E-state index in [1.165, 1.54) is 11.1 Å². The maximum absolute atomic E-state index is 15.5. The fourth-order valence-electron chi connectivity index (χ4n) is 11.5. The highest BCUT2D eigenvalue weighted by atomic mass is 16.6. The molecule has 330 valence electrons. The van der Waals surface area contributed by atoms with Crippen LogP contribution >= 0.6 is 0 Å². The third-order valence-electron chi connectivity index (χ3n) is 14.4. The molecule has 9 heterocycles. The average molecular weight is 860 g/mol. The number of amides is 4. The van der Waals surface area contributed by atoms with Gasteiger partial charge in [0, 0.05) is 47.2 Å². The molecule has 0 unspecified atom stereocenters. The van der Waals surface area contributed by atoms with Gasteiger partial charge >= 0.3 is 12.2 Å². The lowest BCUT2D eigenvalue weighted by Gasteiger charge is -2.40. The molecule has 11 rings (SSSR count). The van der Waals surface area contributed by atoms with E-state index >= 15 is 19.2 Å². The number of nitrogens with zero attached hydrogens (tertiary/aromatic N) is 7. The van der Waals surface area contributed by atoms with Crippen molar-refractivity contribution in [3.8, 4) is 0 Å². The van der Waals surface area contributed by atoms with Gasteiger partial charge in [0.15, 0.2) is 16.8 Å². The first-order chi connectivity index (χ1) is 29.9. The van der Waals surface area contributed by atoms with Crippen LogP contribution < -0.4 is 0 Å². The Morgan fingerprint density at radius 1 is 0.603 bits per heavy atom. The molecule has 0 spiro atoms. The molecule has 0 N–H and O–H groups in total. The van der Waals surface area contributed by atoms with Crippen LogP contribution in [0.5, 0.6) is 0 Å². The highest BCUT2D eigenvalue weighted by Gasteiger charge is 2.65. The maximum atomic E-state index is 15.5. The van der Waals surface area contributed by atoms with Crippen molar-refractivity contribution < 1.29 is 42.7 Å². The Balaban J connectivity index is 1.02. The number of carbonyl (C=O) groups excluding carboxylic acids is 6. The molecule has 4 saturated heterocycles. The first-order valence-corrected chi connectivity index (χ1v) is 22.4. The average Bonchev–Trinajstić information content (AvgIpc) is 3.90. The van der Waals surface area contributed by atoms with Crippen LogP contribution in [0.15, 0.2) is 59.1 Å². The summed E-state index contributed by atoms with van der Waals surface area (Å²) in [6, 6.07) is 12.7. The number of likely N-dealkylation sites (tertiary alicyclic amines) is 4. The van der Waals surface area contributed by atoms with Crippen molar-refractivity contribution >= 4 is 57.9 Å². The predicted octanol–water partition coefficient (Wildman–Crippen LogP) is 6.57. The second-order valence-electron chi connectivity index (χ2n) is 20.7. The van der Waals surface area contributed by atoms with Crippen molar-refractivity contribution in [3.05, 3.63) is 66.4 Å². The molecule has 4 amide bonds. The molecule has 0 aromatic carbocycles. The van der Waals surface area contributed by atoms with Crippen LogP contribution in [-0.4, -0.2) is 118 Å². The largest absolute Gasteiger partial charge is 0.444 e. The lowest BCUT2D eigenvalue weighted by atomic mass is 9.90. The second kappa shape index (κ2) is 13.3. The van der Waals surface area contributed by atoms with Gasteiger partial charge in [-0.25, -0.2) is 14.6 Å².